The minimum absolute atomic E-state index is 0.138. The summed E-state index contributed by atoms with van der Waals surface area (Å²) < 4.78 is 0. The normalized spacial score (nSPS) is 9.95. The molecule has 0 aliphatic carbocycles. The van der Waals surface area contributed by atoms with Crippen molar-refractivity contribution in [3.63, 3.8) is 0 Å². The molecule has 0 bridgehead atoms. The number of benzene rings is 2. The SMILES string of the molecule is Cc1cccc(NC(=O)Nc2ccccc2CC(=O)O)c1. The van der Waals surface area contributed by atoms with Crippen LogP contribution in [0.1, 0.15) is 11.1 Å². The molecule has 0 radical (unpaired) electrons. The summed E-state index contributed by atoms with van der Waals surface area (Å²) in [5, 5.41) is 14.2. The Labute approximate surface area is 122 Å². The number of nitrogens with one attached hydrogen (secondary N) is 2. The minimum Gasteiger partial charge on any atom is -0.481 e. The first kappa shape index (κ1) is 14.6. The molecule has 0 heterocycles. The van der Waals surface area contributed by atoms with Crippen molar-refractivity contribution >= 4 is 23.4 Å². The van der Waals surface area contributed by atoms with Gasteiger partial charge in [0.1, 0.15) is 0 Å². The van der Waals surface area contributed by atoms with Gasteiger partial charge in [-0.2, -0.15) is 0 Å². The molecule has 3 N–H and O–H groups in total. The Balaban J connectivity index is 2.07. The molecule has 2 aromatic carbocycles. The van der Waals surface area contributed by atoms with Gasteiger partial charge >= 0.3 is 12.0 Å². The van der Waals surface area contributed by atoms with Crippen molar-refractivity contribution in [2.24, 2.45) is 0 Å². The van der Waals surface area contributed by atoms with E-state index in [1.165, 1.54) is 0 Å². The molecule has 5 heteroatoms. The number of hydrogen-bond donors (Lipinski definition) is 3. The monoisotopic (exact) mass is 284 g/mol. The summed E-state index contributed by atoms with van der Waals surface area (Å²) in [5.74, 6) is -0.941. The molecule has 0 aliphatic heterocycles. The zero-order chi connectivity index (χ0) is 15.2. The zero-order valence-corrected chi connectivity index (χ0v) is 11.6. The number of carboxylic acids is 1. The Bertz CT molecular complexity index is 668. The molecule has 0 aliphatic rings. The number of urea groups is 1. The maximum Gasteiger partial charge on any atom is 0.323 e. The fraction of sp³-hybridized carbons (Fsp3) is 0.125. The number of amides is 2. The summed E-state index contributed by atoms with van der Waals surface area (Å²) >= 11 is 0. The van der Waals surface area contributed by atoms with Gasteiger partial charge < -0.3 is 15.7 Å². The van der Waals surface area contributed by atoms with Gasteiger partial charge in [-0.1, -0.05) is 30.3 Å². The van der Waals surface area contributed by atoms with Gasteiger partial charge in [-0.3, -0.25) is 4.79 Å². The summed E-state index contributed by atoms with van der Waals surface area (Å²) in [6.45, 7) is 1.94. The molecule has 0 aromatic heterocycles. The second kappa shape index (κ2) is 6.56. The van der Waals surface area contributed by atoms with Crippen molar-refractivity contribution < 1.29 is 14.7 Å². The van der Waals surface area contributed by atoms with E-state index in [2.05, 4.69) is 10.6 Å². The lowest BCUT2D eigenvalue weighted by atomic mass is 10.1. The highest BCUT2D eigenvalue weighted by atomic mass is 16.4. The number of hydrogen-bond acceptors (Lipinski definition) is 2. The van der Waals surface area contributed by atoms with Gasteiger partial charge in [-0.15, -0.1) is 0 Å². The second-order valence-corrected chi connectivity index (χ2v) is 4.68. The maximum atomic E-state index is 12.0. The van der Waals surface area contributed by atoms with Gasteiger partial charge in [0.05, 0.1) is 6.42 Å². The number of carbonyl (C=O) groups excluding carboxylic acids is 1. The third kappa shape index (κ3) is 4.35. The van der Waals surface area contributed by atoms with Crippen LogP contribution in [0.3, 0.4) is 0 Å². The van der Waals surface area contributed by atoms with Crippen LogP contribution in [-0.2, 0) is 11.2 Å². The van der Waals surface area contributed by atoms with Crippen LogP contribution < -0.4 is 10.6 Å². The van der Waals surface area contributed by atoms with Crippen LogP contribution in [0.2, 0.25) is 0 Å². The summed E-state index contributed by atoms with van der Waals surface area (Å²) in [5.41, 5.74) is 2.77. The van der Waals surface area contributed by atoms with Gasteiger partial charge in [0, 0.05) is 11.4 Å². The lowest BCUT2D eigenvalue weighted by molar-refractivity contribution is -0.136. The molecule has 2 amide bonds. The van der Waals surface area contributed by atoms with Crippen LogP contribution in [0.5, 0.6) is 0 Å². The van der Waals surface area contributed by atoms with E-state index in [9.17, 15) is 9.59 Å². The average molecular weight is 284 g/mol. The summed E-state index contributed by atoms with van der Waals surface area (Å²) in [7, 11) is 0. The van der Waals surface area contributed by atoms with Crippen LogP contribution >= 0.6 is 0 Å². The second-order valence-electron chi connectivity index (χ2n) is 4.68. The van der Waals surface area contributed by atoms with Crippen LogP contribution in [0.25, 0.3) is 0 Å². The van der Waals surface area contributed by atoms with E-state index in [-0.39, 0.29) is 6.42 Å². The first-order chi connectivity index (χ1) is 10.0. The summed E-state index contributed by atoms with van der Waals surface area (Å²) in [4.78, 5) is 22.8. The van der Waals surface area contributed by atoms with E-state index in [4.69, 9.17) is 5.11 Å². The highest BCUT2D eigenvalue weighted by molar-refractivity contribution is 6.00. The minimum atomic E-state index is -0.941. The molecule has 108 valence electrons. The number of carboxylic acid groups (broad SMARTS) is 1. The Morgan fingerprint density at radius 3 is 2.52 bits per heavy atom. The number of para-hydroxylation sites is 1. The Kier molecular flexibility index (Phi) is 4.56. The van der Waals surface area contributed by atoms with Crippen LogP contribution in [0.4, 0.5) is 16.2 Å². The first-order valence-electron chi connectivity index (χ1n) is 6.49. The van der Waals surface area contributed by atoms with Gasteiger partial charge in [0.2, 0.25) is 0 Å². The fourth-order valence-electron chi connectivity index (χ4n) is 1.97. The van der Waals surface area contributed by atoms with E-state index in [0.29, 0.717) is 16.9 Å². The Morgan fingerprint density at radius 2 is 1.81 bits per heavy atom. The number of anilines is 2. The predicted octanol–water partition coefficient (Wildman–Crippen LogP) is 3.27. The van der Waals surface area contributed by atoms with E-state index in [1.807, 2.05) is 25.1 Å². The molecule has 2 rings (SSSR count). The Hall–Kier alpha value is -2.82. The number of aryl methyl sites for hydroxylation is 1. The highest BCUT2D eigenvalue weighted by Crippen LogP contribution is 2.16. The van der Waals surface area contributed by atoms with Gasteiger partial charge in [0.15, 0.2) is 0 Å². The van der Waals surface area contributed by atoms with E-state index < -0.39 is 12.0 Å². The van der Waals surface area contributed by atoms with Crippen molar-refractivity contribution in [1.82, 2.24) is 0 Å². The maximum absolute atomic E-state index is 12.0. The fourth-order valence-corrected chi connectivity index (χ4v) is 1.97. The van der Waals surface area contributed by atoms with E-state index in [0.717, 1.165) is 5.56 Å². The summed E-state index contributed by atoms with van der Waals surface area (Å²) in [6, 6.07) is 13.9. The topological polar surface area (TPSA) is 78.4 Å². The lowest BCUT2D eigenvalue weighted by Gasteiger charge is -2.11. The molecule has 21 heavy (non-hydrogen) atoms. The molecule has 0 atom stereocenters. The van der Waals surface area contributed by atoms with E-state index in [1.54, 1.807) is 30.3 Å². The highest BCUT2D eigenvalue weighted by Gasteiger charge is 2.09. The van der Waals surface area contributed by atoms with Crippen molar-refractivity contribution in [3.8, 4) is 0 Å². The quantitative estimate of drug-likeness (QED) is 0.806. The third-order valence-electron chi connectivity index (χ3n) is 2.88. The number of carbonyl (C=O) groups is 2. The molecule has 5 nitrogen and oxygen atoms in total. The molecule has 0 saturated carbocycles. The smallest absolute Gasteiger partial charge is 0.323 e. The number of aliphatic carboxylic acids is 1. The standard InChI is InChI=1S/C16H16N2O3/c1-11-5-4-7-13(9-11)17-16(21)18-14-8-3-2-6-12(14)10-15(19)20/h2-9H,10H2,1H3,(H,19,20)(H2,17,18,21). The average Bonchev–Trinajstić information content (AvgIpc) is 2.40. The van der Waals surface area contributed by atoms with Crippen molar-refractivity contribution in [1.29, 1.82) is 0 Å². The van der Waals surface area contributed by atoms with Gasteiger partial charge in [-0.25, -0.2) is 4.79 Å². The van der Waals surface area contributed by atoms with Gasteiger partial charge in [-0.05, 0) is 36.2 Å². The van der Waals surface area contributed by atoms with Crippen LogP contribution in [0.15, 0.2) is 48.5 Å². The molecule has 0 spiro atoms. The molecular weight excluding hydrogens is 268 g/mol. The molecule has 0 fully saturated rings. The van der Waals surface area contributed by atoms with Crippen molar-refractivity contribution in [3.05, 3.63) is 59.7 Å². The van der Waals surface area contributed by atoms with Crippen molar-refractivity contribution in [2.45, 2.75) is 13.3 Å². The molecule has 0 unspecified atom stereocenters. The summed E-state index contributed by atoms with van der Waals surface area (Å²) in [6.07, 6.45) is -0.138. The lowest BCUT2D eigenvalue weighted by Crippen LogP contribution is -2.20. The predicted molar refractivity (Wildman–Crippen MR) is 81.6 cm³/mol. The zero-order valence-electron chi connectivity index (χ0n) is 11.6. The molecule has 0 saturated heterocycles. The van der Waals surface area contributed by atoms with Crippen molar-refractivity contribution in [2.75, 3.05) is 10.6 Å². The largest absolute Gasteiger partial charge is 0.481 e. The number of rotatable bonds is 4. The Morgan fingerprint density at radius 1 is 1.05 bits per heavy atom. The van der Waals surface area contributed by atoms with Crippen LogP contribution in [0, 0.1) is 6.92 Å². The van der Waals surface area contributed by atoms with Crippen LogP contribution in [-0.4, -0.2) is 17.1 Å². The first-order valence-corrected chi connectivity index (χ1v) is 6.49. The van der Waals surface area contributed by atoms with E-state index >= 15 is 0 Å². The van der Waals surface area contributed by atoms with Gasteiger partial charge in [0.25, 0.3) is 0 Å². The third-order valence-corrected chi connectivity index (χ3v) is 2.88. The molecule has 2 aromatic rings. The molecular formula is C16H16N2O3.